The Bertz CT molecular complexity index is 948. The molecule has 0 aromatic carbocycles. The largest absolute Gasteiger partial charge is 0.481 e. The Labute approximate surface area is 149 Å². The Morgan fingerprint density at radius 2 is 2.15 bits per heavy atom. The lowest BCUT2D eigenvalue weighted by atomic mass is 9.85. The Kier molecular flexibility index (Phi) is 4.58. The molecule has 0 spiro atoms. The van der Waals surface area contributed by atoms with Crippen LogP contribution in [0.5, 0.6) is 0 Å². The first-order valence-electron chi connectivity index (χ1n) is 8.18. The third kappa shape index (κ3) is 3.79. The van der Waals surface area contributed by atoms with Gasteiger partial charge in [0, 0.05) is 29.4 Å². The van der Waals surface area contributed by atoms with Crippen LogP contribution in [0, 0.1) is 11.2 Å². The zero-order valence-corrected chi connectivity index (χ0v) is 14.7. The van der Waals surface area contributed by atoms with Gasteiger partial charge in [0.15, 0.2) is 5.82 Å². The summed E-state index contributed by atoms with van der Waals surface area (Å²) in [7, 11) is 0. The first-order chi connectivity index (χ1) is 12.2. The van der Waals surface area contributed by atoms with Gasteiger partial charge < -0.3 is 15.4 Å². The van der Waals surface area contributed by atoms with E-state index in [0.717, 1.165) is 6.20 Å². The molecular weight excluding hydrogens is 337 g/mol. The van der Waals surface area contributed by atoms with Crippen molar-refractivity contribution in [2.45, 2.75) is 33.2 Å². The molecular formula is C18H20FN5O2. The van der Waals surface area contributed by atoms with Crippen molar-refractivity contribution in [1.82, 2.24) is 19.9 Å². The number of H-pyrrole nitrogens is 1. The van der Waals surface area contributed by atoms with E-state index < -0.39 is 11.8 Å². The number of fused-ring (bicyclic) bond motifs is 1. The highest BCUT2D eigenvalue weighted by Gasteiger charge is 2.27. The number of hydrogen-bond donors (Lipinski definition) is 3. The molecule has 7 nitrogen and oxygen atoms in total. The zero-order valence-electron chi connectivity index (χ0n) is 14.7. The molecule has 3 aromatic rings. The van der Waals surface area contributed by atoms with Crippen LogP contribution in [-0.2, 0) is 4.79 Å². The number of anilines is 1. The maximum atomic E-state index is 13.5. The standard InChI is InChI=1S/C18H20FN5O2/c1-18(2,3)13(7-15(25)26)23-14-4-5-20-17(24-14)12-9-22-16-11(12)6-10(19)8-21-16/h4-6,8-9,13H,7H2,1-3H3,(H,21,22)(H,25,26)(H,20,23,24)/t13-/m1/s1. The quantitative estimate of drug-likeness (QED) is 0.646. The van der Waals surface area contributed by atoms with Crippen molar-refractivity contribution in [3.8, 4) is 11.4 Å². The van der Waals surface area contributed by atoms with Crippen LogP contribution < -0.4 is 5.32 Å². The predicted molar refractivity (Wildman–Crippen MR) is 96.2 cm³/mol. The molecule has 3 rings (SSSR count). The second-order valence-electron chi connectivity index (χ2n) is 7.18. The van der Waals surface area contributed by atoms with E-state index in [1.807, 2.05) is 20.8 Å². The van der Waals surface area contributed by atoms with Gasteiger partial charge in [0.2, 0.25) is 0 Å². The van der Waals surface area contributed by atoms with E-state index in [-0.39, 0.29) is 17.9 Å². The first-order valence-corrected chi connectivity index (χ1v) is 8.18. The van der Waals surface area contributed by atoms with E-state index in [1.165, 1.54) is 6.07 Å². The van der Waals surface area contributed by atoms with Crippen molar-refractivity contribution >= 4 is 22.8 Å². The summed E-state index contributed by atoms with van der Waals surface area (Å²) in [5.74, 6) is -0.418. The second-order valence-corrected chi connectivity index (χ2v) is 7.18. The summed E-state index contributed by atoms with van der Waals surface area (Å²) < 4.78 is 13.5. The van der Waals surface area contributed by atoms with E-state index in [4.69, 9.17) is 5.11 Å². The van der Waals surface area contributed by atoms with E-state index in [2.05, 4.69) is 25.3 Å². The summed E-state index contributed by atoms with van der Waals surface area (Å²) in [5, 5.41) is 12.9. The zero-order chi connectivity index (χ0) is 18.9. The van der Waals surface area contributed by atoms with Crippen LogP contribution in [0.1, 0.15) is 27.2 Å². The highest BCUT2D eigenvalue weighted by molar-refractivity contribution is 5.91. The molecule has 3 heterocycles. The number of nitrogens with zero attached hydrogens (tertiary/aromatic N) is 3. The fraction of sp³-hybridized carbons (Fsp3) is 0.333. The normalized spacial score (nSPS) is 12.9. The van der Waals surface area contributed by atoms with Gasteiger partial charge in [-0.05, 0) is 17.5 Å². The average molecular weight is 357 g/mol. The van der Waals surface area contributed by atoms with Gasteiger partial charge in [0.05, 0.1) is 12.6 Å². The lowest BCUT2D eigenvalue weighted by Gasteiger charge is -2.30. The first kappa shape index (κ1) is 17.8. The molecule has 0 aliphatic rings. The van der Waals surface area contributed by atoms with Crippen LogP contribution in [-0.4, -0.2) is 37.1 Å². The van der Waals surface area contributed by atoms with Gasteiger partial charge >= 0.3 is 5.97 Å². The molecule has 0 aliphatic heterocycles. The van der Waals surface area contributed by atoms with Crippen LogP contribution in [0.25, 0.3) is 22.4 Å². The molecule has 3 N–H and O–H groups in total. The fourth-order valence-electron chi connectivity index (χ4n) is 2.66. The van der Waals surface area contributed by atoms with E-state index in [0.29, 0.717) is 28.2 Å². The van der Waals surface area contributed by atoms with E-state index in [1.54, 1.807) is 18.5 Å². The van der Waals surface area contributed by atoms with Gasteiger partial charge in [-0.3, -0.25) is 4.79 Å². The van der Waals surface area contributed by atoms with Gasteiger partial charge in [0.25, 0.3) is 0 Å². The Balaban J connectivity index is 1.94. The molecule has 0 saturated carbocycles. The summed E-state index contributed by atoms with van der Waals surface area (Å²) in [6, 6.07) is 2.74. The molecule has 0 bridgehead atoms. The van der Waals surface area contributed by atoms with Crippen molar-refractivity contribution in [2.75, 3.05) is 5.32 Å². The minimum Gasteiger partial charge on any atom is -0.481 e. The molecule has 0 saturated heterocycles. The Hall–Kier alpha value is -3.03. The van der Waals surface area contributed by atoms with Crippen molar-refractivity contribution in [2.24, 2.45) is 5.41 Å². The molecule has 136 valence electrons. The second kappa shape index (κ2) is 6.70. The number of rotatable bonds is 5. The van der Waals surface area contributed by atoms with Crippen LogP contribution in [0.2, 0.25) is 0 Å². The van der Waals surface area contributed by atoms with Crippen LogP contribution >= 0.6 is 0 Å². The molecule has 0 radical (unpaired) electrons. The lowest BCUT2D eigenvalue weighted by molar-refractivity contribution is -0.137. The molecule has 0 aliphatic carbocycles. The fourth-order valence-corrected chi connectivity index (χ4v) is 2.66. The van der Waals surface area contributed by atoms with Crippen LogP contribution in [0.3, 0.4) is 0 Å². The SMILES string of the molecule is CC(C)(C)[C@@H](CC(=O)O)Nc1ccnc(-c2c[nH]c3ncc(F)cc23)n1. The van der Waals surface area contributed by atoms with E-state index >= 15 is 0 Å². The summed E-state index contributed by atoms with van der Waals surface area (Å²) in [5.41, 5.74) is 0.889. The Morgan fingerprint density at radius 1 is 1.38 bits per heavy atom. The maximum Gasteiger partial charge on any atom is 0.305 e. The van der Waals surface area contributed by atoms with Crippen molar-refractivity contribution in [3.05, 3.63) is 36.5 Å². The third-order valence-electron chi connectivity index (χ3n) is 4.14. The number of carboxylic acids is 1. The van der Waals surface area contributed by atoms with E-state index in [9.17, 15) is 9.18 Å². The number of aromatic amines is 1. The molecule has 0 unspecified atom stereocenters. The molecule has 26 heavy (non-hydrogen) atoms. The molecule has 1 atom stereocenters. The number of hydrogen-bond acceptors (Lipinski definition) is 5. The summed E-state index contributed by atoms with van der Waals surface area (Å²) in [6.45, 7) is 5.89. The van der Waals surface area contributed by atoms with Gasteiger partial charge in [-0.25, -0.2) is 19.3 Å². The predicted octanol–water partition coefficient (Wildman–Crippen LogP) is 3.46. The summed E-state index contributed by atoms with van der Waals surface area (Å²) in [4.78, 5) is 26.8. The van der Waals surface area contributed by atoms with Crippen LogP contribution in [0.15, 0.2) is 30.7 Å². The monoisotopic (exact) mass is 357 g/mol. The van der Waals surface area contributed by atoms with Gasteiger partial charge in [-0.15, -0.1) is 0 Å². The number of nitrogens with one attached hydrogen (secondary N) is 2. The van der Waals surface area contributed by atoms with Crippen molar-refractivity contribution < 1.29 is 14.3 Å². The number of carbonyl (C=O) groups is 1. The lowest BCUT2D eigenvalue weighted by Crippen LogP contribution is -2.36. The smallest absolute Gasteiger partial charge is 0.305 e. The van der Waals surface area contributed by atoms with Gasteiger partial charge in [0.1, 0.15) is 17.3 Å². The molecule has 0 amide bonds. The van der Waals surface area contributed by atoms with Gasteiger partial charge in [-0.2, -0.15) is 0 Å². The number of pyridine rings is 1. The summed E-state index contributed by atoms with van der Waals surface area (Å²) >= 11 is 0. The maximum absolute atomic E-state index is 13.5. The highest BCUT2D eigenvalue weighted by atomic mass is 19.1. The summed E-state index contributed by atoms with van der Waals surface area (Å²) in [6.07, 6.45) is 4.36. The van der Waals surface area contributed by atoms with Crippen LogP contribution in [0.4, 0.5) is 10.2 Å². The number of halogens is 1. The molecule has 3 aromatic heterocycles. The van der Waals surface area contributed by atoms with Crippen molar-refractivity contribution in [1.29, 1.82) is 0 Å². The molecule has 0 fully saturated rings. The van der Waals surface area contributed by atoms with Crippen molar-refractivity contribution in [3.63, 3.8) is 0 Å². The number of aromatic nitrogens is 4. The number of carboxylic acid groups (broad SMARTS) is 1. The Morgan fingerprint density at radius 3 is 2.85 bits per heavy atom. The average Bonchev–Trinajstić information content (AvgIpc) is 2.96. The molecule has 8 heteroatoms. The highest BCUT2D eigenvalue weighted by Crippen LogP contribution is 2.28. The third-order valence-corrected chi connectivity index (χ3v) is 4.14. The topological polar surface area (TPSA) is 104 Å². The number of aliphatic carboxylic acids is 1. The van der Waals surface area contributed by atoms with Gasteiger partial charge in [-0.1, -0.05) is 20.8 Å². The minimum atomic E-state index is -0.884. The minimum absolute atomic E-state index is 0.0367.